The van der Waals surface area contributed by atoms with Gasteiger partial charge in [0.05, 0.1) is 0 Å². The van der Waals surface area contributed by atoms with Crippen molar-refractivity contribution in [3.63, 3.8) is 0 Å². The summed E-state index contributed by atoms with van der Waals surface area (Å²) in [4.78, 5) is 0. The van der Waals surface area contributed by atoms with Crippen molar-refractivity contribution in [3.05, 3.63) is 46.6 Å². The van der Waals surface area contributed by atoms with Crippen LogP contribution in [0.15, 0.2) is 46.6 Å². The van der Waals surface area contributed by atoms with Crippen LogP contribution in [0, 0.1) is 35.5 Å². The third-order valence-electron chi connectivity index (χ3n) is 10.2. The quantitative estimate of drug-likeness (QED) is 0.344. The molecule has 0 N–H and O–H groups in total. The van der Waals surface area contributed by atoms with Crippen LogP contribution in [-0.4, -0.2) is 12.3 Å². The highest BCUT2D eigenvalue weighted by Crippen LogP contribution is 2.47. The fourth-order valence-electron chi connectivity index (χ4n) is 7.93. The smallest absolute Gasteiger partial charge is 0.170 e. The van der Waals surface area contributed by atoms with Crippen molar-refractivity contribution in [2.45, 2.75) is 109 Å². The Hall–Kier alpha value is -1.32. The molecule has 5 aliphatic rings. The Morgan fingerprint density at radius 2 is 1.11 bits per heavy atom. The largest absolute Gasteiger partial charge is 0.242 e. The number of allylic oxidation sites excluding steroid dienone is 8. The Morgan fingerprint density at radius 1 is 0.600 bits per heavy atom. The van der Waals surface area contributed by atoms with Crippen molar-refractivity contribution >= 4 is 0 Å². The van der Waals surface area contributed by atoms with Gasteiger partial charge in [0.15, 0.2) is 17.8 Å². The standard InChI is InChI=1S/C31H42F4/c1-19-2-4-20(5-3-19)21-6-8-22(9-7-21)25-14-15-27(28(32)16-25)24-12-10-23(11-13-24)26-17-29(33)31(35)30(34)18-26/h14-15,17,19-24,28,30H,2-13,16,18H2,1H3. The molecule has 0 nitrogen and oxygen atoms in total. The maximum atomic E-state index is 15.4. The van der Waals surface area contributed by atoms with Gasteiger partial charge in [0.25, 0.3) is 0 Å². The van der Waals surface area contributed by atoms with Crippen LogP contribution in [0.2, 0.25) is 0 Å². The third kappa shape index (κ3) is 5.67. The van der Waals surface area contributed by atoms with E-state index in [1.807, 2.05) is 0 Å². The van der Waals surface area contributed by atoms with Crippen LogP contribution in [0.25, 0.3) is 0 Å². The molecule has 0 radical (unpaired) electrons. The second kappa shape index (κ2) is 11.0. The van der Waals surface area contributed by atoms with Gasteiger partial charge in [-0.2, -0.15) is 0 Å². The van der Waals surface area contributed by atoms with E-state index in [1.165, 1.54) is 63.0 Å². The summed E-state index contributed by atoms with van der Waals surface area (Å²) in [5, 5.41) is 0. The zero-order valence-corrected chi connectivity index (χ0v) is 21.3. The maximum absolute atomic E-state index is 15.4. The van der Waals surface area contributed by atoms with Gasteiger partial charge in [0.2, 0.25) is 0 Å². The highest BCUT2D eigenvalue weighted by atomic mass is 19.2. The number of rotatable bonds is 4. The maximum Gasteiger partial charge on any atom is 0.170 e. The highest BCUT2D eigenvalue weighted by molar-refractivity contribution is 5.33. The molecule has 2 atom stereocenters. The lowest BCUT2D eigenvalue weighted by Crippen LogP contribution is -2.28. The third-order valence-corrected chi connectivity index (χ3v) is 10.2. The highest BCUT2D eigenvalue weighted by Gasteiger charge is 2.36. The summed E-state index contributed by atoms with van der Waals surface area (Å²) in [6.07, 6.45) is 17.2. The van der Waals surface area contributed by atoms with Crippen molar-refractivity contribution < 1.29 is 17.6 Å². The van der Waals surface area contributed by atoms with E-state index >= 15 is 4.39 Å². The van der Waals surface area contributed by atoms with Crippen LogP contribution in [0.4, 0.5) is 17.6 Å². The molecule has 0 amide bonds. The lowest BCUT2D eigenvalue weighted by atomic mass is 9.67. The molecule has 0 aromatic rings. The average molecular weight is 491 g/mol. The lowest BCUT2D eigenvalue weighted by Gasteiger charge is -2.39. The van der Waals surface area contributed by atoms with E-state index in [2.05, 4.69) is 19.1 Å². The van der Waals surface area contributed by atoms with Crippen molar-refractivity contribution in [2.75, 3.05) is 0 Å². The first-order valence-corrected chi connectivity index (χ1v) is 14.3. The van der Waals surface area contributed by atoms with Crippen molar-refractivity contribution in [1.29, 1.82) is 0 Å². The second-order valence-electron chi connectivity index (χ2n) is 12.3. The topological polar surface area (TPSA) is 0 Å². The molecule has 0 saturated heterocycles. The number of hydrogen-bond acceptors (Lipinski definition) is 0. The molecule has 194 valence electrons. The van der Waals surface area contributed by atoms with Gasteiger partial charge in [0.1, 0.15) is 6.17 Å². The Bertz CT molecular complexity index is 872. The first kappa shape index (κ1) is 25.3. The first-order valence-electron chi connectivity index (χ1n) is 14.3. The van der Waals surface area contributed by atoms with Crippen LogP contribution in [0.1, 0.15) is 96.8 Å². The zero-order chi connectivity index (χ0) is 24.5. The van der Waals surface area contributed by atoms with Crippen molar-refractivity contribution in [3.8, 4) is 0 Å². The molecule has 0 aromatic carbocycles. The predicted octanol–water partition coefficient (Wildman–Crippen LogP) is 9.84. The van der Waals surface area contributed by atoms with E-state index in [9.17, 15) is 13.2 Å². The molecule has 0 aromatic heterocycles. The van der Waals surface area contributed by atoms with E-state index in [4.69, 9.17) is 0 Å². The van der Waals surface area contributed by atoms with Crippen LogP contribution < -0.4 is 0 Å². The van der Waals surface area contributed by atoms with E-state index in [1.54, 1.807) is 0 Å². The molecule has 2 unspecified atom stereocenters. The molecular formula is C31H42F4. The molecule has 0 heterocycles. The SMILES string of the molecule is CC1CCC(C2CCC(C3=CC=C(C4CCC(C5=CC(F)=C(F)C(F)C5)CC4)C(F)C3)CC2)CC1. The second-order valence-corrected chi connectivity index (χ2v) is 12.3. The fourth-order valence-corrected chi connectivity index (χ4v) is 7.93. The Labute approximate surface area is 209 Å². The molecule has 3 saturated carbocycles. The molecule has 0 spiro atoms. The molecular weight excluding hydrogens is 448 g/mol. The Balaban J connectivity index is 1.14. The number of halogens is 4. The van der Waals surface area contributed by atoms with Gasteiger partial charge in [0, 0.05) is 12.8 Å². The average Bonchev–Trinajstić information content (AvgIpc) is 2.88. The van der Waals surface area contributed by atoms with Crippen molar-refractivity contribution in [1.82, 2.24) is 0 Å². The monoisotopic (exact) mass is 490 g/mol. The summed E-state index contributed by atoms with van der Waals surface area (Å²) in [7, 11) is 0. The molecule has 35 heavy (non-hydrogen) atoms. The van der Waals surface area contributed by atoms with E-state index in [0.29, 0.717) is 17.9 Å². The molecule has 5 rings (SSSR count). The zero-order valence-electron chi connectivity index (χ0n) is 21.3. The predicted molar refractivity (Wildman–Crippen MR) is 135 cm³/mol. The lowest BCUT2D eigenvalue weighted by molar-refractivity contribution is 0.156. The van der Waals surface area contributed by atoms with Gasteiger partial charge in [-0.3, -0.25) is 0 Å². The molecule has 5 aliphatic carbocycles. The van der Waals surface area contributed by atoms with Gasteiger partial charge in [-0.1, -0.05) is 43.1 Å². The minimum absolute atomic E-state index is 0.0444. The molecule has 0 bridgehead atoms. The van der Waals surface area contributed by atoms with Crippen LogP contribution in [-0.2, 0) is 0 Å². The number of alkyl halides is 2. The first-order chi connectivity index (χ1) is 16.9. The van der Waals surface area contributed by atoms with Gasteiger partial charge >= 0.3 is 0 Å². The number of hydrogen-bond donors (Lipinski definition) is 0. The van der Waals surface area contributed by atoms with Gasteiger partial charge in [-0.05, 0) is 111 Å². The van der Waals surface area contributed by atoms with E-state index in [0.717, 1.165) is 49.0 Å². The minimum Gasteiger partial charge on any atom is -0.242 e. The van der Waals surface area contributed by atoms with Crippen LogP contribution >= 0.6 is 0 Å². The summed E-state index contributed by atoms with van der Waals surface area (Å²) in [5.41, 5.74) is 2.93. The van der Waals surface area contributed by atoms with Gasteiger partial charge in [-0.25, -0.2) is 17.6 Å². The van der Waals surface area contributed by atoms with Crippen molar-refractivity contribution in [2.24, 2.45) is 35.5 Å². The fraction of sp³-hybridized carbons (Fsp3) is 0.742. The molecule has 4 heteroatoms. The van der Waals surface area contributed by atoms with E-state index < -0.39 is 24.0 Å². The summed E-state index contributed by atoms with van der Waals surface area (Å²) >= 11 is 0. The Morgan fingerprint density at radius 3 is 1.71 bits per heavy atom. The van der Waals surface area contributed by atoms with Gasteiger partial charge in [-0.15, -0.1) is 0 Å². The van der Waals surface area contributed by atoms with E-state index in [-0.39, 0.29) is 18.3 Å². The molecule has 3 fully saturated rings. The normalized spacial score (nSPS) is 41.2. The summed E-state index contributed by atoms with van der Waals surface area (Å²) in [6, 6.07) is 0. The molecule has 0 aliphatic heterocycles. The van der Waals surface area contributed by atoms with Crippen LogP contribution in [0.3, 0.4) is 0 Å². The van der Waals surface area contributed by atoms with Crippen LogP contribution in [0.5, 0.6) is 0 Å². The summed E-state index contributed by atoms with van der Waals surface area (Å²) < 4.78 is 56.2. The summed E-state index contributed by atoms with van der Waals surface area (Å²) in [6.45, 7) is 2.39. The summed E-state index contributed by atoms with van der Waals surface area (Å²) in [5.74, 6) is 1.24. The minimum atomic E-state index is -1.85. The Kier molecular flexibility index (Phi) is 7.94. The van der Waals surface area contributed by atoms with Gasteiger partial charge < -0.3 is 0 Å².